The third kappa shape index (κ3) is 4.07. The molecule has 2 amide bonds. The van der Waals surface area contributed by atoms with Crippen LogP contribution in [-0.2, 0) is 22.6 Å². The molecular formula is C28H28N4O2. The van der Waals surface area contributed by atoms with Gasteiger partial charge in [-0.1, -0.05) is 49.4 Å². The van der Waals surface area contributed by atoms with Crippen molar-refractivity contribution in [3.63, 3.8) is 0 Å². The van der Waals surface area contributed by atoms with Gasteiger partial charge in [-0.25, -0.2) is 4.98 Å². The van der Waals surface area contributed by atoms with E-state index in [1.165, 1.54) is 5.56 Å². The van der Waals surface area contributed by atoms with Crippen LogP contribution in [-0.4, -0.2) is 35.0 Å². The number of hydrogen-bond donors (Lipinski definition) is 0. The number of benzene rings is 3. The fraction of sp³-hybridized carbons (Fsp3) is 0.250. The van der Waals surface area contributed by atoms with E-state index >= 15 is 0 Å². The number of likely N-dealkylation sites (N-methyl/N-ethyl adjacent to an activating group) is 1. The molecule has 0 spiro atoms. The minimum absolute atomic E-state index is 0.0352. The Labute approximate surface area is 199 Å². The third-order valence-electron chi connectivity index (χ3n) is 6.64. The second kappa shape index (κ2) is 9.14. The smallest absolute Gasteiger partial charge is 0.246 e. The van der Waals surface area contributed by atoms with Crippen molar-refractivity contribution in [2.45, 2.75) is 32.2 Å². The van der Waals surface area contributed by atoms with Gasteiger partial charge in [0.05, 0.1) is 11.0 Å². The van der Waals surface area contributed by atoms with E-state index in [2.05, 4.69) is 19.1 Å². The second-order valence-electron chi connectivity index (χ2n) is 8.76. The van der Waals surface area contributed by atoms with Gasteiger partial charge in [-0.2, -0.15) is 0 Å². The summed E-state index contributed by atoms with van der Waals surface area (Å²) in [5, 5.41) is 0. The molecule has 0 aliphatic carbocycles. The van der Waals surface area contributed by atoms with Crippen molar-refractivity contribution in [1.82, 2.24) is 9.55 Å². The molecule has 0 bridgehead atoms. The Kier molecular flexibility index (Phi) is 5.88. The zero-order valence-electron chi connectivity index (χ0n) is 19.5. The van der Waals surface area contributed by atoms with Gasteiger partial charge in [0.25, 0.3) is 0 Å². The lowest BCUT2D eigenvalue weighted by atomic mass is 10.1. The summed E-state index contributed by atoms with van der Waals surface area (Å²) in [6, 6.07) is 25.6. The van der Waals surface area contributed by atoms with E-state index in [1.807, 2.05) is 76.2 Å². The predicted octanol–water partition coefficient (Wildman–Crippen LogP) is 4.78. The summed E-state index contributed by atoms with van der Waals surface area (Å²) in [4.78, 5) is 34.6. The first-order chi connectivity index (χ1) is 16.5. The number of carbonyl (C=O) groups excluding carboxylic acids is 2. The van der Waals surface area contributed by atoms with Crippen LogP contribution in [0.25, 0.3) is 11.0 Å². The summed E-state index contributed by atoms with van der Waals surface area (Å²) >= 11 is 0. The topological polar surface area (TPSA) is 58.4 Å². The first-order valence-corrected chi connectivity index (χ1v) is 11.7. The molecule has 1 unspecified atom stereocenters. The van der Waals surface area contributed by atoms with Gasteiger partial charge >= 0.3 is 0 Å². The molecule has 6 nitrogen and oxygen atoms in total. The molecule has 34 heavy (non-hydrogen) atoms. The standard InChI is InChI=1S/C28H28N4O2/c1-3-20-13-15-23(16-14-20)31-18-21(17-26(31)33)28-29-24-11-7-8-12-25(24)32(28)19-27(34)30(2)22-9-5-4-6-10-22/h4-16,21H,3,17-19H2,1-2H3. The summed E-state index contributed by atoms with van der Waals surface area (Å²) in [6.45, 7) is 2.83. The number of aryl methyl sites for hydroxylation is 1. The molecule has 172 valence electrons. The van der Waals surface area contributed by atoms with Gasteiger partial charge < -0.3 is 14.4 Å². The summed E-state index contributed by atoms with van der Waals surface area (Å²) in [5.41, 5.74) is 4.75. The zero-order valence-corrected chi connectivity index (χ0v) is 19.5. The minimum atomic E-state index is -0.0828. The summed E-state index contributed by atoms with van der Waals surface area (Å²) in [5.74, 6) is 0.755. The van der Waals surface area contributed by atoms with Crippen LogP contribution in [0.1, 0.15) is 30.7 Å². The quantitative estimate of drug-likeness (QED) is 0.423. The highest BCUT2D eigenvalue weighted by Gasteiger charge is 2.35. The molecule has 1 atom stereocenters. The minimum Gasteiger partial charge on any atom is -0.318 e. The monoisotopic (exact) mass is 452 g/mol. The Morgan fingerprint density at radius 3 is 2.44 bits per heavy atom. The third-order valence-corrected chi connectivity index (χ3v) is 6.64. The van der Waals surface area contributed by atoms with Crippen molar-refractivity contribution in [1.29, 1.82) is 0 Å². The number of amides is 2. The van der Waals surface area contributed by atoms with Crippen LogP contribution in [0.2, 0.25) is 0 Å². The molecule has 1 fully saturated rings. The number of para-hydroxylation sites is 3. The SMILES string of the molecule is CCc1ccc(N2CC(c3nc4ccccc4n3CC(=O)N(C)c3ccccc3)CC2=O)cc1. The Hall–Kier alpha value is -3.93. The van der Waals surface area contributed by atoms with Crippen molar-refractivity contribution < 1.29 is 9.59 Å². The first kappa shape index (κ1) is 21.9. The second-order valence-corrected chi connectivity index (χ2v) is 8.76. The van der Waals surface area contributed by atoms with Crippen LogP contribution in [0.4, 0.5) is 11.4 Å². The first-order valence-electron chi connectivity index (χ1n) is 11.7. The van der Waals surface area contributed by atoms with Crippen molar-refractivity contribution in [2.75, 3.05) is 23.4 Å². The van der Waals surface area contributed by atoms with Crippen molar-refractivity contribution in [3.8, 4) is 0 Å². The number of nitrogens with zero attached hydrogens (tertiary/aromatic N) is 4. The Morgan fingerprint density at radius 2 is 1.71 bits per heavy atom. The largest absolute Gasteiger partial charge is 0.318 e. The number of rotatable bonds is 6. The Balaban J connectivity index is 1.45. The number of hydrogen-bond acceptors (Lipinski definition) is 3. The molecule has 0 radical (unpaired) electrons. The normalized spacial score (nSPS) is 15.8. The number of anilines is 2. The average Bonchev–Trinajstić information content (AvgIpc) is 3.44. The van der Waals surface area contributed by atoms with E-state index in [9.17, 15) is 9.59 Å². The molecule has 5 rings (SSSR count). The van der Waals surface area contributed by atoms with Gasteiger partial charge in [-0.15, -0.1) is 0 Å². The highest BCUT2D eigenvalue weighted by Crippen LogP contribution is 2.33. The van der Waals surface area contributed by atoms with Gasteiger partial charge in [0.15, 0.2) is 0 Å². The molecule has 1 aromatic heterocycles. The molecule has 0 saturated carbocycles. The summed E-state index contributed by atoms with van der Waals surface area (Å²) in [6.07, 6.45) is 1.34. The molecule has 1 aliphatic heterocycles. The van der Waals surface area contributed by atoms with Crippen molar-refractivity contribution >= 4 is 34.2 Å². The number of fused-ring (bicyclic) bond motifs is 1. The highest BCUT2D eigenvalue weighted by molar-refractivity contribution is 5.97. The van der Waals surface area contributed by atoms with Crippen LogP contribution < -0.4 is 9.80 Å². The molecule has 0 N–H and O–H groups in total. The van der Waals surface area contributed by atoms with Crippen LogP contribution >= 0.6 is 0 Å². The summed E-state index contributed by atoms with van der Waals surface area (Å²) in [7, 11) is 1.79. The molecule has 1 saturated heterocycles. The number of aromatic nitrogens is 2. The lowest BCUT2D eigenvalue weighted by Gasteiger charge is -2.20. The molecule has 2 heterocycles. The predicted molar refractivity (Wildman–Crippen MR) is 135 cm³/mol. The van der Waals surface area contributed by atoms with Crippen LogP contribution in [0, 0.1) is 0 Å². The average molecular weight is 453 g/mol. The molecule has 6 heteroatoms. The maximum atomic E-state index is 13.2. The lowest BCUT2D eigenvalue weighted by Crippen LogP contribution is -2.31. The van der Waals surface area contributed by atoms with Crippen LogP contribution in [0.3, 0.4) is 0 Å². The van der Waals surface area contributed by atoms with Gasteiger partial charge in [0.1, 0.15) is 12.4 Å². The fourth-order valence-electron chi connectivity index (χ4n) is 4.65. The molecular weight excluding hydrogens is 424 g/mol. The Morgan fingerprint density at radius 1 is 1.00 bits per heavy atom. The van der Waals surface area contributed by atoms with Crippen LogP contribution in [0.5, 0.6) is 0 Å². The van der Waals surface area contributed by atoms with E-state index in [0.717, 1.165) is 34.7 Å². The van der Waals surface area contributed by atoms with Gasteiger partial charge in [0, 0.05) is 37.3 Å². The zero-order chi connectivity index (χ0) is 23.7. The number of imidazole rings is 1. The van der Waals surface area contributed by atoms with Crippen molar-refractivity contribution in [3.05, 3.63) is 90.3 Å². The van der Waals surface area contributed by atoms with Gasteiger partial charge in [0.2, 0.25) is 11.8 Å². The Bertz CT molecular complexity index is 1330. The molecule has 1 aliphatic rings. The summed E-state index contributed by atoms with van der Waals surface area (Å²) < 4.78 is 1.98. The van der Waals surface area contributed by atoms with Gasteiger partial charge in [-0.05, 0) is 48.4 Å². The van der Waals surface area contributed by atoms with E-state index in [1.54, 1.807) is 11.9 Å². The highest BCUT2D eigenvalue weighted by atomic mass is 16.2. The van der Waals surface area contributed by atoms with E-state index in [0.29, 0.717) is 13.0 Å². The fourth-order valence-corrected chi connectivity index (χ4v) is 4.65. The maximum absolute atomic E-state index is 13.2. The molecule has 4 aromatic rings. The van der Waals surface area contributed by atoms with Crippen molar-refractivity contribution in [2.24, 2.45) is 0 Å². The van der Waals surface area contributed by atoms with Gasteiger partial charge in [-0.3, -0.25) is 9.59 Å². The lowest BCUT2D eigenvalue weighted by molar-refractivity contribution is -0.119. The van der Waals surface area contributed by atoms with Crippen LogP contribution in [0.15, 0.2) is 78.9 Å². The van der Waals surface area contributed by atoms with E-state index in [4.69, 9.17) is 4.98 Å². The molecule has 3 aromatic carbocycles. The van der Waals surface area contributed by atoms with E-state index < -0.39 is 0 Å². The number of carbonyl (C=O) groups is 2. The maximum Gasteiger partial charge on any atom is 0.246 e. The van der Waals surface area contributed by atoms with E-state index in [-0.39, 0.29) is 24.3 Å².